The number of nitriles is 2. The molecule has 0 N–H and O–H groups in total. The van der Waals surface area contributed by atoms with E-state index in [-0.39, 0.29) is 0 Å². The topological polar surface area (TPSA) is 73.4 Å². The zero-order chi connectivity index (χ0) is 26.9. The Labute approximate surface area is 253 Å². The molecule has 0 unspecified atom stereocenters. The van der Waals surface area contributed by atoms with E-state index >= 15 is 0 Å². The molecule has 11 heteroatoms. The quantitative estimate of drug-likeness (QED) is 0.171. The van der Waals surface area contributed by atoms with E-state index in [1.807, 2.05) is 36.4 Å². The monoisotopic (exact) mass is 634 g/mol. The van der Waals surface area contributed by atoms with Crippen LogP contribution in [0.5, 0.6) is 0 Å². The Morgan fingerprint density at radius 2 is 1.08 bits per heavy atom. The summed E-state index contributed by atoms with van der Waals surface area (Å²) in [5.74, 6) is 0. The van der Waals surface area contributed by atoms with Gasteiger partial charge in [-0.2, -0.15) is 19.3 Å². The molecule has 0 aliphatic carbocycles. The van der Waals surface area contributed by atoms with E-state index < -0.39 is 0 Å². The third-order valence-electron chi connectivity index (χ3n) is 5.69. The molecule has 0 aliphatic rings. The number of allylic oxidation sites excluding steroid dienone is 2. The minimum atomic E-state index is 0.584. The van der Waals surface area contributed by atoms with Crippen molar-refractivity contribution in [1.29, 1.82) is 10.5 Å². The molecule has 0 atom stereocenters. The highest BCUT2D eigenvalue weighted by atomic mass is 35.5. The first-order valence-corrected chi connectivity index (χ1v) is 16.0. The molecule has 0 bridgehead atoms. The molecule has 0 amide bonds. The summed E-state index contributed by atoms with van der Waals surface area (Å²) in [6, 6.07) is 24.2. The van der Waals surface area contributed by atoms with E-state index in [1.165, 1.54) is 34.4 Å². The average Bonchev–Trinajstić information content (AvgIpc) is 3.76. The van der Waals surface area contributed by atoms with E-state index in [2.05, 4.69) is 45.2 Å². The summed E-state index contributed by atoms with van der Waals surface area (Å²) in [6.45, 7) is 0. The first-order chi connectivity index (χ1) is 19.0. The van der Waals surface area contributed by atoms with Crippen LogP contribution in [0.1, 0.15) is 19.5 Å². The summed E-state index contributed by atoms with van der Waals surface area (Å²) in [7, 11) is 0. The lowest BCUT2D eigenvalue weighted by Gasteiger charge is -2.03. The van der Waals surface area contributed by atoms with Crippen molar-refractivity contribution in [2.75, 3.05) is 0 Å². The molecule has 188 valence electrons. The molecule has 39 heavy (non-hydrogen) atoms. The van der Waals surface area contributed by atoms with Gasteiger partial charge in [-0.25, -0.2) is 0 Å². The lowest BCUT2D eigenvalue weighted by Crippen LogP contribution is -1.81. The fraction of sp³-hybridized carbons (Fsp3) is 0. The first kappa shape index (κ1) is 26.1. The Balaban J connectivity index is 1.32. The van der Waals surface area contributed by atoms with E-state index in [9.17, 15) is 10.5 Å². The third-order valence-corrected chi connectivity index (χ3v) is 10.9. The molecule has 0 fully saturated rings. The van der Waals surface area contributed by atoms with Crippen molar-refractivity contribution in [2.45, 2.75) is 0 Å². The van der Waals surface area contributed by atoms with Crippen molar-refractivity contribution >= 4 is 115 Å². The predicted octanol–water partition coefficient (Wildman–Crippen LogP) is 10.7. The van der Waals surface area contributed by atoms with Gasteiger partial charge in [-0.3, -0.25) is 0 Å². The molecule has 0 spiro atoms. The predicted molar refractivity (Wildman–Crippen MR) is 170 cm³/mol. The van der Waals surface area contributed by atoms with Crippen LogP contribution >= 0.6 is 80.3 Å². The summed E-state index contributed by atoms with van der Waals surface area (Å²) in [6.07, 6.45) is 3.78. The number of rotatable bonds is 6. The number of hydrogen-bond acceptors (Lipinski definition) is 9. The van der Waals surface area contributed by atoms with Gasteiger partial charge in [0.15, 0.2) is 0 Å². The second-order valence-electron chi connectivity index (χ2n) is 8.07. The molecule has 6 rings (SSSR count). The molecule has 5 heterocycles. The lowest BCUT2D eigenvalue weighted by atomic mass is 10.1. The maximum Gasteiger partial charge on any atom is 0.114 e. The van der Waals surface area contributed by atoms with Gasteiger partial charge in [-0.1, -0.05) is 35.3 Å². The molecule has 4 nitrogen and oxygen atoms in total. The summed E-state index contributed by atoms with van der Waals surface area (Å²) >= 11 is 19.3. The van der Waals surface area contributed by atoms with Crippen LogP contribution in [-0.2, 0) is 0 Å². The zero-order valence-corrected chi connectivity index (χ0v) is 25.1. The van der Waals surface area contributed by atoms with E-state index in [0.29, 0.717) is 19.8 Å². The van der Waals surface area contributed by atoms with Gasteiger partial charge in [0.2, 0.25) is 0 Å². The SMILES string of the molecule is N#CC(=Cc1ccc(-c2ccc(-c3ccc(C=C(C#N)c4ccc(Cl)s4)s3)c3nsnc23)s1)c1ccc(Cl)s1. The number of nitrogens with zero attached hydrogens (tertiary/aromatic N) is 4. The Morgan fingerprint density at radius 1 is 0.615 bits per heavy atom. The molecule has 0 saturated carbocycles. The fourth-order valence-electron chi connectivity index (χ4n) is 3.93. The molecule has 5 aromatic heterocycles. The van der Waals surface area contributed by atoms with Gasteiger partial charge in [0.1, 0.15) is 23.2 Å². The van der Waals surface area contributed by atoms with Crippen molar-refractivity contribution in [2.24, 2.45) is 0 Å². The number of thiophene rings is 4. The molecule has 6 aromatic rings. The highest BCUT2D eigenvalue weighted by molar-refractivity contribution is 7.18. The first-order valence-electron chi connectivity index (χ1n) is 11.2. The summed E-state index contributed by atoms with van der Waals surface area (Å²) in [4.78, 5) is 5.74. The summed E-state index contributed by atoms with van der Waals surface area (Å²) in [5, 5.41) is 19.3. The maximum absolute atomic E-state index is 9.66. The lowest BCUT2D eigenvalue weighted by molar-refractivity contribution is 1.54. The minimum absolute atomic E-state index is 0.584. The van der Waals surface area contributed by atoms with Crippen LogP contribution in [0.25, 0.3) is 55.2 Å². The number of benzene rings is 1. The van der Waals surface area contributed by atoms with Crippen LogP contribution in [0.2, 0.25) is 8.67 Å². The van der Waals surface area contributed by atoms with Crippen LogP contribution in [0, 0.1) is 22.7 Å². The molecule has 0 radical (unpaired) electrons. The molecular weight excluding hydrogens is 624 g/mol. The normalized spacial score (nSPS) is 12.1. The van der Waals surface area contributed by atoms with Crippen molar-refractivity contribution in [1.82, 2.24) is 8.75 Å². The zero-order valence-electron chi connectivity index (χ0n) is 19.5. The van der Waals surface area contributed by atoms with Gasteiger partial charge in [-0.05, 0) is 60.7 Å². The van der Waals surface area contributed by atoms with Gasteiger partial charge < -0.3 is 0 Å². The number of fused-ring (bicyclic) bond motifs is 1. The fourth-order valence-corrected chi connectivity index (χ4v) is 8.48. The molecule has 0 saturated heterocycles. The van der Waals surface area contributed by atoms with E-state index in [1.54, 1.807) is 34.8 Å². The number of halogens is 2. The van der Waals surface area contributed by atoms with Gasteiger partial charge in [-0.15, -0.1) is 45.3 Å². The van der Waals surface area contributed by atoms with Crippen molar-refractivity contribution in [3.05, 3.63) is 88.8 Å². The second kappa shape index (κ2) is 11.2. The molecule has 0 aliphatic heterocycles. The summed E-state index contributed by atoms with van der Waals surface area (Å²) < 4.78 is 10.6. The smallest absolute Gasteiger partial charge is 0.114 e. The number of hydrogen-bond donors (Lipinski definition) is 0. The Bertz CT molecular complexity index is 1850. The van der Waals surface area contributed by atoms with Crippen molar-refractivity contribution < 1.29 is 0 Å². The standard InChI is InChI=1S/C28H12Cl2N4S5/c29-25-9-7-21(37-25)15(13-31)11-17-1-5-23(35-17)19-3-4-20(28-27(19)33-39-34-28)24-6-2-18(36-24)12-16(14-32)22-8-10-26(30)38-22/h1-12H. The molecule has 1 aromatic carbocycles. The number of aromatic nitrogens is 2. The van der Waals surface area contributed by atoms with Crippen LogP contribution in [0.15, 0.2) is 60.7 Å². The maximum atomic E-state index is 9.66. The van der Waals surface area contributed by atoms with E-state index in [0.717, 1.165) is 51.4 Å². The highest BCUT2D eigenvalue weighted by Crippen LogP contribution is 2.41. The van der Waals surface area contributed by atoms with Crippen LogP contribution in [0.4, 0.5) is 0 Å². The van der Waals surface area contributed by atoms with Gasteiger partial charge in [0, 0.05) is 40.4 Å². The van der Waals surface area contributed by atoms with Crippen LogP contribution in [-0.4, -0.2) is 8.75 Å². The molecular formula is C28H12Cl2N4S5. The second-order valence-corrected chi connectivity index (χ2v) is 14.3. The van der Waals surface area contributed by atoms with Gasteiger partial charge >= 0.3 is 0 Å². The Kier molecular flexibility index (Phi) is 7.48. The average molecular weight is 636 g/mol. The van der Waals surface area contributed by atoms with Crippen molar-refractivity contribution in [3.8, 4) is 33.0 Å². The van der Waals surface area contributed by atoms with Crippen LogP contribution < -0.4 is 0 Å². The largest absolute Gasteiger partial charge is 0.192 e. The third kappa shape index (κ3) is 5.36. The summed E-state index contributed by atoms with van der Waals surface area (Å²) in [5.41, 5.74) is 4.86. The highest BCUT2D eigenvalue weighted by Gasteiger charge is 2.16. The Morgan fingerprint density at radius 3 is 1.46 bits per heavy atom. The minimum Gasteiger partial charge on any atom is -0.192 e. The van der Waals surface area contributed by atoms with Gasteiger partial charge in [0.05, 0.1) is 31.5 Å². The van der Waals surface area contributed by atoms with Gasteiger partial charge in [0.25, 0.3) is 0 Å². The van der Waals surface area contributed by atoms with Crippen LogP contribution in [0.3, 0.4) is 0 Å². The van der Waals surface area contributed by atoms with E-state index in [4.69, 9.17) is 23.2 Å². The van der Waals surface area contributed by atoms with Crippen molar-refractivity contribution in [3.63, 3.8) is 0 Å². The Hall–Kier alpha value is -3.12.